The van der Waals surface area contributed by atoms with Crippen LogP contribution < -0.4 is 30.1 Å². The first-order valence-electron chi connectivity index (χ1n) is 16.0. The second kappa shape index (κ2) is 17.5. The number of sulfonamides is 1. The van der Waals surface area contributed by atoms with Crippen LogP contribution in [0.4, 0.5) is 5.69 Å². The highest BCUT2D eigenvalue weighted by Gasteiger charge is 2.24. The van der Waals surface area contributed by atoms with E-state index in [2.05, 4.69) is 20.7 Å². The number of methoxy groups -OCH3 is 2. The molecule has 0 fully saturated rings. The third kappa shape index (κ3) is 11.1. The molecule has 0 unspecified atom stereocenters. The number of carbonyl (C=O) groups is 2. The smallest absolute Gasteiger partial charge is 0.251 e. The summed E-state index contributed by atoms with van der Waals surface area (Å²) in [7, 11) is -0.577. The topological polar surface area (TPSA) is 155 Å². The maximum Gasteiger partial charge on any atom is 0.251 e. The van der Waals surface area contributed by atoms with E-state index in [0.717, 1.165) is 22.4 Å². The number of benzene rings is 4. The summed E-state index contributed by atoms with van der Waals surface area (Å²) < 4.78 is 38.0. The van der Waals surface area contributed by atoms with E-state index in [1.54, 1.807) is 26.4 Å². The SMILES string of the molecule is CCS(=O)(=O)Nc1cc(C(=O)N[C@@H](C)c2cccc(OC)c2)cc(C(=O)N[C@@H](Cc2ccccc2)[C@H](O)CNCc2cccc(OC)c2)c1. The van der Waals surface area contributed by atoms with Gasteiger partial charge in [0.25, 0.3) is 11.8 Å². The lowest BCUT2D eigenvalue weighted by atomic mass is 10.00. The average molecular weight is 689 g/mol. The van der Waals surface area contributed by atoms with E-state index in [-0.39, 0.29) is 29.1 Å². The molecule has 3 atom stereocenters. The van der Waals surface area contributed by atoms with E-state index in [1.165, 1.54) is 25.1 Å². The first-order valence-corrected chi connectivity index (χ1v) is 17.6. The largest absolute Gasteiger partial charge is 0.497 e. The fraction of sp³-hybridized carbons (Fsp3) is 0.297. The maximum atomic E-state index is 13.8. The molecule has 5 N–H and O–H groups in total. The van der Waals surface area contributed by atoms with Crippen molar-refractivity contribution >= 4 is 27.5 Å². The Kier molecular flexibility index (Phi) is 13.2. The van der Waals surface area contributed by atoms with Crippen molar-refractivity contribution in [2.75, 3.05) is 31.2 Å². The molecule has 2 amide bonds. The highest BCUT2D eigenvalue weighted by molar-refractivity contribution is 7.92. The monoisotopic (exact) mass is 688 g/mol. The summed E-state index contributed by atoms with van der Waals surface area (Å²) in [4.78, 5) is 27.3. The molecule has 0 saturated heterocycles. The standard InChI is InChI=1S/C37H44N4O7S/c1-5-49(45,46)41-31-20-29(36(43)39-25(2)28-14-10-16-33(22-28)48-4)19-30(21-31)37(44)40-34(18-26-11-7-6-8-12-26)35(42)24-38-23-27-13-9-15-32(17-27)47-3/h6-17,19-22,25,34-35,38,41-42H,5,18,23-24H2,1-4H3,(H,39,43)(H,40,44)/t25-,34-,35+/m0/s1. The Balaban J connectivity index is 1.57. The number of aliphatic hydroxyl groups excluding tert-OH is 1. The second-order valence-electron chi connectivity index (χ2n) is 11.6. The van der Waals surface area contributed by atoms with Gasteiger partial charge in [-0.05, 0) is 79.4 Å². The third-order valence-electron chi connectivity index (χ3n) is 7.95. The molecule has 4 aromatic rings. The van der Waals surface area contributed by atoms with Crippen LogP contribution in [0.15, 0.2) is 97.1 Å². The van der Waals surface area contributed by atoms with Crippen LogP contribution in [-0.4, -0.2) is 64.0 Å². The molecule has 0 radical (unpaired) electrons. The number of hydrogen-bond donors (Lipinski definition) is 5. The van der Waals surface area contributed by atoms with Gasteiger partial charge in [0, 0.05) is 24.2 Å². The van der Waals surface area contributed by atoms with Gasteiger partial charge in [0.05, 0.1) is 43.8 Å². The van der Waals surface area contributed by atoms with Crippen molar-refractivity contribution in [1.82, 2.24) is 16.0 Å². The Morgan fingerprint density at radius 2 is 1.39 bits per heavy atom. The highest BCUT2D eigenvalue weighted by atomic mass is 32.2. The van der Waals surface area contributed by atoms with Crippen LogP contribution in [0.25, 0.3) is 0 Å². The fourth-order valence-corrected chi connectivity index (χ4v) is 5.79. The van der Waals surface area contributed by atoms with Gasteiger partial charge in [-0.2, -0.15) is 0 Å². The number of carbonyl (C=O) groups excluding carboxylic acids is 2. The molecular formula is C37H44N4O7S. The van der Waals surface area contributed by atoms with E-state index >= 15 is 0 Å². The van der Waals surface area contributed by atoms with Gasteiger partial charge in [-0.15, -0.1) is 0 Å². The number of hydrogen-bond acceptors (Lipinski definition) is 8. The minimum absolute atomic E-state index is 0.0464. The predicted octanol–water partition coefficient (Wildman–Crippen LogP) is 4.45. The summed E-state index contributed by atoms with van der Waals surface area (Å²) in [5.41, 5.74) is 2.85. The number of rotatable bonds is 17. The van der Waals surface area contributed by atoms with Crippen LogP contribution in [0.1, 0.15) is 57.3 Å². The normalized spacial score (nSPS) is 13.1. The van der Waals surface area contributed by atoms with Crippen LogP contribution in [0.5, 0.6) is 11.5 Å². The van der Waals surface area contributed by atoms with Gasteiger partial charge in [0.2, 0.25) is 10.0 Å². The lowest BCUT2D eigenvalue weighted by Crippen LogP contribution is -2.48. The van der Waals surface area contributed by atoms with Gasteiger partial charge >= 0.3 is 0 Å². The zero-order valence-corrected chi connectivity index (χ0v) is 28.9. The van der Waals surface area contributed by atoms with E-state index in [4.69, 9.17) is 9.47 Å². The molecule has 0 saturated carbocycles. The van der Waals surface area contributed by atoms with E-state index in [0.29, 0.717) is 18.7 Å². The minimum atomic E-state index is -3.73. The Bertz CT molecular complexity index is 1820. The van der Waals surface area contributed by atoms with E-state index < -0.39 is 40.0 Å². The lowest BCUT2D eigenvalue weighted by molar-refractivity contribution is 0.0830. The van der Waals surface area contributed by atoms with Gasteiger partial charge < -0.3 is 30.5 Å². The van der Waals surface area contributed by atoms with Crippen LogP contribution in [0.2, 0.25) is 0 Å². The van der Waals surface area contributed by atoms with E-state index in [9.17, 15) is 23.1 Å². The van der Waals surface area contributed by atoms with E-state index in [1.807, 2.05) is 73.7 Å². The molecule has 12 heteroatoms. The summed E-state index contributed by atoms with van der Waals surface area (Å²) in [6, 6.07) is 27.3. The molecule has 49 heavy (non-hydrogen) atoms. The first kappa shape index (κ1) is 36.9. The average Bonchev–Trinajstić information content (AvgIpc) is 3.11. The Labute approximate surface area is 288 Å². The first-order chi connectivity index (χ1) is 23.5. The molecule has 4 rings (SSSR count). The molecule has 0 aliphatic rings. The second-order valence-corrected chi connectivity index (χ2v) is 13.6. The summed E-state index contributed by atoms with van der Waals surface area (Å²) in [5.74, 6) is 0.0627. The van der Waals surface area contributed by atoms with Crippen molar-refractivity contribution < 1.29 is 32.6 Å². The van der Waals surface area contributed by atoms with Crippen molar-refractivity contribution in [3.05, 3.63) is 125 Å². The molecule has 260 valence electrons. The van der Waals surface area contributed by atoms with Crippen LogP contribution in [-0.2, 0) is 23.0 Å². The van der Waals surface area contributed by atoms with Gasteiger partial charge in [0.1, 0.15) is 11.5 Å². The van der Waals surface area contributed by atoms with Gasteiger partial charge in [-0.25, -0.2) is 8.42 Å². The predicted molar refractivity (Wildman–Crippen MR) is 191 cm³/mol. The summed E-state index contributed by atoms with van der Waals surface area (Å²) in [5, 5.41) is 20.4. The van der Waals surface area contributed by atoms with Gasteiger partial charge in [-0.3, -0.25) is 14.3 Å². The molecule has 4 aromatic carbocycles. The minimum Gasteiger partial charge on any atom is -0.497 e. The van der Waals surface area contributed by atoms with Crippen molar-refractivity contribution in [1.29, 1.82) is 0 Å². The van der Waals surface area contributed by atoms with Crippen molar-refractivity contribution in [3.63, 3.8) is 0 Å². The summed E-state index contributed by atoms with van der Waals surface area (Å²) >= 11 is 0. The number of anilines is 1. The van der Waals surface area contributed by atoms with Crippen LogP contribution in [0.3, 0.4) is 0 Å². The zero-order valence-electron chi connectivity index (χ0n) is 28.1. The third-order valence-corrected chi connectivity index (χ3v) is 9.26. The molecule has 0 spiro atoms. The van der Waals surface area contributed by atoms with Gasteiger partial charge in [-0.1, -0.05) is 54.6 Å². The Hall–Kier alpha value is -4.91. The fourth-order valence-electron chi connectivity index (χ4n) is 5.17. The number of nitrogens with one attached hydrogen (secondary N) is 4. The molecular weight excluding hydrogens is 644 g/mol. The maximum absolute atomic E-state index is 13.8. The molecule has 0 aliphatic carbocycles. The zero-order chi connectivity index (χ0) is 35.4. The van der Waals surface area contributed by atoms with Crippen molar-refractivity contribution in [2.45, 2.75) is 45.0 Å². The molecule has 0 aliphatic heterocycles. The number of aliphatic hydroxyl groups is 1. The molecule has 0 aromatic heterocycles. The van der Waals surface area contributed by atoms with Gasteiger partial charge in [0.15, 0.2) is 0 Å². The number of amides is 2. The Morgan fingerprint density at radius 1 is 0.776 bits per heavy atom. The highest BCUT2D eigenvalue weighted by Crippen LogP contribution is 2.22. The quantitative estimate of drug-likeness (QED) is 0.109. The molecule has 11 nitrogen and oxygen atoms in total. The summed E-state index contributed by atoms with van der Waals surface area (Å²) in [6.07, 6.45) is -0.676. The Morgan fingerprint density at radius 3 is 2.04 bits per heavy atom. The molecule has 0 heterocycles. The molecule has 0 bridgehead atoms. The number of ether oxygens (including phenoxy) is 2. The van der Waals surface area contributed by atoms with Crippen LogP contribution in [0, 0.1) is 0 Å². The lowest BCUT2D eigenvalue weighted by Gasteiger charge is -2.25. The van der Waals surface area contributed by atoms with Crippen molar-refractivity contribution in [3.8, 4) is 11.5 Å². The van der Waals surface area contributed by atoms with Crippen molar-refractivity contribution in [2.24, 2.45) is 0 Å². The summed E-state index contributed by atoms with van der Waals surface area (Å²) in [6.45, 7) is 3.93. The van der Waals surface area contributed by atoms with Crippen LogP contribution >= 0.6 is 0 Å².